The van der Waals surface area contributed by atoms with Crippen LogP contribution in [0.2, 0.25) is 0 Å². The van der Waals surface area contributed by atoms with Crippen molar-refractivity contribution in [2.75, 3.05) is 11.4 Å². The van der Waals surface area contributed by atoms with E-state index < -0.39 is 0 Å². The van der Waals surface area contributed by atoms with Gasteiger partial charge in [0.25, 0.3) is 5.91 Å². The normalized spacial score (nSPS) is 13.5. The van der Waals surface area contributed by atoms with Gasteiger partial charge >= 0.3 is 0 Å². The molecule has 0 fully saturated rings. The Hall–Kier alpha value is -3.47. The van der Waals surface area contributed by atoms with Crippen LogP contribution in [0.15, 0.2) is 66.9 Å². The number of carbonyl (C=O) groups excluding carboxylic acids is 1. The molecule has 1 aliphatic heterocycles. The van der Waals surface area contributed by atoms with E-state index in [2.05, 4.69) is 11.2 Å². The van der Waals surface area contributed by atoms with Crippen LogP contribution in [0.4, 0.5) is 5.69 Å². The number of nitrogens with zero attached hydrogens (tertiary/aromatic N) is 4. The van der Waals surface area contributed by atoms with Crippen LogP contribution in [0.3, 0.4) is 0 Å². The molecule has 29 heavy (non-hydrogen) atoms. The second-order valence-corrected chi connectivity index (χ2v) is 7.31. The third-order valence-corrected chi connectivity index (χ3v) is 5.56. The first kappa shape index (κ1) is 17.6. The summed E-state index contributed by atoms with van der Waals surface area (Å²) in [5.74, 6) is 0.0115. The minimum absolute atomic E-state index is 0.0115. The minimum atomic E-state index is 0.0115. The number of anilines is 1. The third kappa shape index (κ3) is 2.99. The van der Waals surface area contributed by atoms with Crippen molar-refractivity contribution in [3.63, 3.8) is 0 Å². The Morgan fingerprint density at radius 2 is 1.86 bits per heavy atom. The van der Waals surface area contributed by atoms with E-state index in [1.165, 1.54) is 5.56 Å². The van der Waals surface area contributed by atoms with Crippen molar-refractivity contribution in [1.82, 2.24) is 14.8 Å². The highest BCUT2D eigenvalue weighted by Crippen LogP contribution is 2.31. The van der Waals surface area contributed by atoms with E-state index in [4.69, 9.17) is 4.98 Å². The van der Waals surface area contributed by atoms with Gasteiger partial charge in [-0.1, -0.05) is 48.5 Å². The second kappa shape index (κ2) is 7.17. The van der Waals surface area contributed by atoms with Crippen LogP contribution in [0.1, 0.15) is 29.3 Å². The Labute approximate surface area is 169 Å². The summed E-state index contributed by atoms with van der Waals surface area (Å²) in [4.78, 5) is 20.5. The largest absolute Gasteiger partial charge is 0.308 e. The van der Waals surface area contributed by atoms with Gasteiger partial charge in [-0.2, -0.15) is 5.10 Å². The number of pyridine rings is 1. The number of fused-ring (bicyclic) bond motifs is 2. The summed E-state index contributed by atoms with van der Waals surface area (Å²) < 4.78 is 1.85. The molecule has 5 nitrogen and oxygen atoms in total. The van der Waals surface area contributed by atoms with Gasteiger partial charge in [-0.25, -0.2) is 9.67 Å². The molecule has 2 aromatic carbocycles. The lowest BCUT2D eigenvalue weighted by Gasteiger charge is -2.29. The molecule has 1 amide bonds. The average molecular weight is 382 g/mol. The Bertz CT molecular complexity index is 1200. The molecule has 0 bridgehead atoms. The Kier molecular flexibility index (Phi) is 4.35. The molecule has 144 valence electrons. The number of aromatic nitrogens is 3. The average Bonchev–Trinajstić information content (AvgIpc) is 3.21. The van der Waals surface area contributed by atoms with Crippen molar-refractivity contribution < 1.29 is 4.79 Å². The maximum absolute atomic E-state index is 13.7. The van der Waals surface area contributed by atoms with E-state index in [0.717, 1.165) is 47.4 Å². The summed E-state index contributed by atoms with van der Waals surface area (Å²) in [5.41, 5.74) is 5.43. The fourth-order valence-electron chi connectivity index (χ4n) is 4.10. The molecule has 0 spiro atoms. The van der Waals surface area contributed by atoms with Crippen LogP contribution in [-0.2, 0) is 13.0 Å². The van der Waals surface area contributed by atoms with Crippen LogP contribution < -0.4 is 4.90 Å². The molecular formula is C24H22N4O. The predicted molar refractivity (Wildman–Crippen MR) is 115 cm³/mol. The van der Waals surface area contributed by atoms with Crippen LogP contribution in [0, 0.1) is 0 Å². The van der Waals surface area contributed by atoms with Gasteiger partial charge in [0.1, 0.15) is 0 Å². The lowest BCUT2D eigenvalue weighted by molar-refractivity contribution is 0.0986. The highest BCUT2D eigenvalue weighted by atomic mass is 16.2. The van der Waals surface area contributed by atoms with Crippen molar-refractivity contribution in [2.24, 2.45) is 0 Å². The second-order valence-electron chi connectivity index (χ2n) is 7.31. The zero-order chi connectivity index (χ0) is 19.8. The molecule has 0 N–H and O–H groups in total. The summed E-state index contributed by atoms with van der Waals surface area (Å²) in [6, 6.07) is 20.1. The Morgan fingerprint density at radius 3 is 2.69 bits per heavy atom. The van der Waals surface area contributed by atoms with E-state index in [0.29, 0.717) is 12.1 Å². The van der Waals surface area contributed by atoms with E-state index in [9.17, 15) is 4.79 Å². The van der Waals surface area contributed by atoms with Gasteiger partial charge in [0.05, 0.1) is 22.8 Å². The highest BCUT2D eigenvalue weighted by Gasteiger charge is 2.26. The molecule has 0 saturated heterocycles. The van der Waals surface area contributed by atoms with Crippen LogP contribution in [-0.4, -0.2) is 27.2 Å². The predicted octanol–water partition coefficient (Wildman–Crippen LogP) is 4.71. The van der Waals surface area contributed by atoms with Crippen LogP contribution in [0.5, 0.6) is 0 Å². The number of benzene rings is 2. The smallest absolute Gasteiger partial charge is 0.259 e. The zero-order valence-corrected chi connectivity index (χ0v) is 16.4. The number of aryl methyl sites for hydroxylation is 2. The summed E-state index contributed by atoms with van der Waals surface area (Å²) in [6.07, 6.45) is 3.75. The van der Waals surface area contributed by atoms with E-state index >= 15 is 0 Å². The SMILES string of the molecule is CCn1ncc2c(C(=O)N3CCCc4ccccc43)cc(-c3ccccc3)nc21. The van der Waals surface area contributed by atoms with E-state index in [-0.39, 0.29) is 5.91 Å². The number of hydrogen-bond donors (Lipinski definition) is 0. The molecule has 3 heterocycles. The van der Waals surface area contributed by atoms with Crippen molar-refractivity contribution in [3.05, 3.63) is 78.0 Å². The Morgan fingerprint density at radius 1 is 1.07 bits per heavy atom. The van der Waals surface area contributed by atoms with Crippen LogP contribution >= 0.6 is 0 Å². The maximum Gasteiger partial charge on any atom is 0.259 e. The fourth-order valence-corrected chi connectivity index (χ4v) is 4.10. The van der Waals surface area contributed by atoms with Crippen molar-refractivity contribution in [3.8, 4) is 11.3 Å². The van der Waals surface area contributed by atoms with E-state index in [1.807, 2.05) is 71.1 Å². The number of para-hydroxylation sites is 1. The van der Waals surface area contributed by atoms with Gasteiger partial charge in [-0.15, -0.1) is 0 Å². The summed E-state index contributed by atoms with van der Waals surface area (Å²) in [6.45, 7) is 3.46. The molecular weight excluding hydrogens is 360 g/mol. The van der Waals surface area contributed by atoms with Crippen molar-refractivity contribution >= 4 is 22.6 Å². The van der Waals surface area contributed by atoms with Gasteiger partial charge in [0.15, 0.2) is 5.65 Å². The molecule has 2 aromatic heterocycles. The third-order valence-electron chi connectivity index (χ3n) is 5.56. The topological polar surface area (TPSA) is 51.0 Å². The molecule has 0 saturated carbocycles. The minimum Gasteiger partial charge on any atom is -0.308 e. The number of rotatable bonds is 3. The van der Waals surface area contributed by atoms with Crippen LogP contribution in [0.25, 0.3) is 22.3 Å². The quantitative estimate of drug-likeness (QED) is 0.516. The molecule has 0 aliphatic carbocycles. The summed E-state index contributed by atoms with van der Waals surface area (Å²) >= 11 is 0. The fraction of sp³-hybridized carbons (Fsp3) is 0.208. The van der Waals surface area contributed by atoms with Gasteiger partial charge in [0.2, 0.25) is 0 Å². The molecule has 5 rings (SSSR count). The lowest BCUT2D eigenvalue weighted by Crippen LogP contribution is -2.35. The monoisotopic (exact) mass is 382 g/mol. The summed E-state index contributed by atoms with van der Waals surface area (Å²) in [7, 11) is 0. The Balaban J connectivity index is 1.68. The first-order valence-electron chi connectivity index (χ1n) is 10.1. The summed E-state index contributed by atoms with van der Waals surface area (Å²) in [5, 5.41) is 5.27. The molecule has 0 unspecified atom stereocenters. The van der Waals surface area contributed by atoms with Gasteiger partial charge in [-0.05, 0) is 37.5 Å². The van der Waals surface area contributed by atoms with Gasteiger partial charge in [-0.3, -0.25) is 4.79 Å². The van der Waals surface area contributed by atoms with Crippen molar-refractivity contribution in [2.45, 2.75) is 26.3 Å². The zero-order valence-electron chi connectivity index (χ0n) is 16.4. The highest BCUT2D eigenvalue weighted by molar-refractivity contribution is 6.14. The standard InChI is InChI=1S/C24H22N4O/c1-2-28-23-20(16-25-28)19(15-21(26-23)17-9-4-3-5-10-17)24(29)27-14-8-12-18-11-6-7-13-22(18)27/h3-7,9-11,13,15-16H,2,8,12,14H2,1H3. The first-order valence-corrected chi connectivity index (χ1v) is 10.1. The van der Waals surface area contributed by atoms with Gasteiger partial charge in [0, 0.05) is 24.3 Å². The molecule has 0 radical (unpaired) electrons. The molecule has 4 aromatic rings. The number of hydrogen-bond acceptors (Lipinski definition) is 3. The number of carbonyl (C=O) groups is 1. The van der Waals surface area contributed by atoms with E-state index in [1.54, 1.807) is 6.20 Å². The van der Waals surface area contributed by atoms with Gasteiger partial charge < -0.3 is 4.90 Å². The molecule has 5 heteroatoms. The van der Waals surface area contributed by atoms with Crippen molar-refractivity contribution in [1.29, 1.82) is 0 Å². The maximum atomic E-state index is 13.7. The number of amides is 1. The molecule has 0 atom stereocenters. The molecule has 1 aliphatic rings. The first-order chi connectivity index (χ1) is 14.3. The lowest BCUT2D eigenvalue weighted by atomic mass is 10.00.